The van der Waals surface area contributed by atoms with Gasteiger partial charge in [0, 0.05) is 20.8 Å². The Labute approximate surface area is 218 Å². The van der Waals surface area contributed by atoms with Gasteiger partial charge < -0.3 is 10.6 Å². The maximum absolute atomic E-state index is 14.0. The number of hydrogen-bond donors (Lipinski definition) is 2. The number of sulfonamides is 1. The van der Waals surface area contributed by atoms with Gasteiger partial charge >= 0.3 is 0 Å². The Morgan fingerprint density at radius 2 is 1.71 bits per heavy atom. The molecule has 1 heterocycles. The monoisotopic (exact) mass is 551 g/mol. The van der Waals surface area contributed by atoms with E-state index in [9.17, 15) is 18.0 Å². The molecule has 11 heteroatoms. The average Bonchev–Trinajstić information content (AvgIpc) is 2.76. The summed E-state index contributed by atoms with van der Waals surface area (Å²) in [5, 5.41) is 6.44. The summed E-state index contributed by atoms with van der Waals surface area (Å²) in [5.41, 5.74) is 1.79. The molecule has 0 aliphatic carbocycles. The number of nitrogens with zero attached hydrogens (tertiary/aromatic N) is 1. The van der Waals surface area contributed by atoms with Gasteiger partial charge in [-0.25, -0.2) is 8.42 Å². The molecule has 35 heavy (non-hydrogen) atoms. The fourth-order valence-corrected chi connectivity index (χ4v) is 6.34. The third-order valence-electron chi connectivity index (χ3n) is 5.52. The van der Waals surface area contributed by atoms with Crippen LogP contribution in [0.4, 0.5) is 17.1 Å². The topological polar surface area (TPSA) is 95.6 Å². The number of halogens is 3. The molecular weight excluding hydrogens is 533 g/mol. The number of anilines is 3. The van der Waals surface area contributed by atoms with Gasteiger partial charge in [0.15, 0.2) is 0 Å². The van der Waals surface area contributed by atoms with Crippen LogP contribution in [0.15, 0.2) is 59.5 Å². The van der Waals surface area contributed by atoms with E-state index in [1.807, 2.05) is 0 Å². The van der Waals surface area contributed by atoms with Crippen LogP contribution < -0.4 is 14.9 Å². The standard InChI is InChI=1S/C24H20Cl3N3O4S/c1-13-9-22(14(2)8-18(13)27)35(33,34)30-20-11-16(26)6-7-19(20)29-24(32)21(30)12-23(31)28-17-5-3-4-15(25)10-17/h3-11,21H,12H2,1-2H3,(H,28,31)(H,29,32). The van der Waals surface area contributed by atoms with Crippen LogP contribution in [-0.2, 0) is 19.6 Å². The summed E-state index contributed by atoms with van der Waals surface area (Å²) in [6.07, 6.45) is -0.449. The second kappa shape index (κ2) is 9.70. The fourth-order valence-electron chi connectivity index (χ4n) is 3.85. The van der Waals surface area contributed by atoms with Gasteiger partial charge in [-0.05, 0) is 73.5 Å². The highest BCUT2D eigenvalue weighted by atomic mass is 35.5. The van der Waals surface area contributed by atoms with E-state index < -0.39 is 34.3 Å². The van der Waals surface area contributed by atoms with E-state index in [0.717, 1.165) is 4.31 Å². The maximum atomic E-state index is 14.0. The van der Waals surface area contributed by atoms with Crippen molar-refractivity contribution in [2.75, 3.05) is 14.9 Å². The normalized spacial score (nSPS) is 15.4. The zero-order chi connectivity index (χ0) is 25.5. The van der Waals surface area contributed by atoms with E-state index in [1.54, 1.807) is 44.2 Å². The van der Waals surface area contributed by atoms with E-state index >= 15 is 0 Å². The van der Waals surface area contributed by atoms with Gasteiger partial charge in [-0.3, -0.25) is 13.9 Å². The zero-order valence-electron chi connectivity index (χ0n) is 18.6. The molecular formula is C24H20Cl3N3O4S. The van der Waals surface area contributed by atoms with Crippen molar-refractivity contribution in [1.29, 1.82) is 0 Å². The zero-order valence-corrected chi connectivity index (χ0v) is 21.7. The first-order valence-electron chi connectivity index (χ1n) is 10.4. The van der Waals surface area contributed by atoms with Gasteiger partial charge in [-0.15, -0.1) is 0 Å². The van der Waals surface area contributed by atoms with Gasteiger partial charge in [-0.1, -0.05) is 40.9 Å². The largest absolute Gasteiger partial charge is 0.326 e. The number of rotatable bonds is 5. The van der Waals surface area contributed by atoms with E-state index in [-0.39, 0.29) is 21.3 Å². The summed E-state index contributed by atoms with van der Waals surface area (Å²) in [7, 11) is -4.32. The van der Waals surface area contributed by atoms with Crippen molar-refractivity contribution in [2.24, 2.45) is 0 Å². The molecule has 0 saturated heterocycles. The number of fused-ring (bicyclic) bond motifs is 1. The number of benzene rings is 3. The quantitative estimate of drug-likeness (QED) is 0.418. The van der Waals surface area contributed by atoms with Crippen LogP contribution in [0.25, 0.3) is 0 Å². The lowest BCUT2D eigenvalue weighted by Gasteiger charge is -2.37. The molecule has 182 valence electrons. The number of aryl methyl sites for hydroxylation is 2. The second-order valence-electron chi connectivity index (χ2n) is 8.10. The number of hydrogen-bond acceptors (Lipinski definition) is 4. The van der Waals surface area contributed by atoms with Crippen LogP contribution in [0.1, 0.15) is 17.5 Å². The lowest BCUT2D eigenvalue weighted by atomic mass is 10.1. The van der Waals surface area contributed by atoms with Crippen molar-refractivity contribution in [3.8, 4) is 0 Å². The first-order valence-corrected chi connectivity index (χ1v) is 13.0. The molecule has 1 unspecified atom stereocenters. The molecule has 0 saturated carbocycles. The molecule has 4 rings (SSSR count). The molecule has 0 bridgehead atoms. The lowest BCUT2D eigenvalue weighted by molar-refractivity contribution is -0.122. The molecule has 3 aromatic rings. The third-order valence-corrected chi connectivity index (χ3v) is 8.36. The second-order valence-corrected chi connectivity index (χ2v) is 11.2. The van der Waals surface area contributed by atoms with Crippen LogP contribution in [0.3, 0.4) is 0 Å². The van der Waals surface area contributed by atoms with E-state index in [1.165, 1.54) is 24.3 Å². The summed E-state index contributed by atoms with van der Waals surface area (Å²) >= 11 is 18.3. The molecule has 7 nitrogen and oxygen atoms in total. The third kappa shape index (κ3) is 5.11. The predicted octanol–water partition coefficient (Wildman–Crippen LogP) is 5.81. The number of nitrogens with one attached hydrogen (secondary N) is 2. The van der Waals surface area contributed by atoms with Crippen LogP contribution in [0, 0.1) is 13.8 Å². The lowest BCUT2D eigenvalue weighted by Crippen LogP contribution is -2.52. The Hall–Kier alpha value is -2.78. The minimum atomic E-state index is -4.32. The van der Waals surface area contributed by atoms with Crippen LogP contribution in [-0.4, -0.2) is 26.3 Å². The Bertz CT molecular complexity index is 1460. The van der Waals surface area contributed by atoms with Crippen molar-refractivity contribution < 1.29 is 18.0 Å². The number of carbonyl (C=O) groups excluding carboxylic acids is 2. The first-order chi connectivity index (χ1) is 16.5. The summed E-state index contributed by atoms with van der Waals surface area (Å²) in [6.45, 7) is 3.30. The minimum absolute atomic E-state index is 0.0275. The van der Waals surface area contributed by atoms with Crippen molar-refractivity contribution in [3.63, 3.8) is 0 Å². The molecule has 1 aliphatic heterocycles. The minimum Gasteiger partial charge on any atom is -0.326 e. The molecule has 3 aromatic carbocycles. The van der Waals surface area contributed by atoms with Crippen molar-refractivity contribution >= 4 is 73.7 Å². The average molecular weight is 553 g/mol. The Morgan fingerprint density at radius 1 is 1.00 bits per heavy atom. The molecule has 2 N–H and O–H groups in total. The molecule has 2 amide bonds. The van der Waals surface area contributed by atoms with Crippen LogP contribution >= 0.6 is 34.8 Å². The van der Waals surface area contributed by atoms with Crippen molar-refractivity contribution in [3.05, 3.63) is 80.8 Å². The summed E-state index contributed by atoms with van der Waals surface area (Å²) in [4.78, 5) is 26.0. The molecule has 0 aromatic heterocycles. The highest BCUT2D eigenvalue weighted by Gasteiger charge is 2.42. The highest BCUT2D eigenvalue weighted by molar-refractivity contribution is 7.93. The molecule has 1 aliphatic rings. The fraction of sp³-hybridized carbons (Fsp3) is 0.167. The summed E-state index contributed by atoms with van der Waals surface area (Å²) in [5.74, 6) is -1.21. The summed E-state index contributed by atoms with van der Waals surface area (Å²) < 4.78 is 29.0. The molecule has 0 radical (unpaired) electrons. The Morgan fingerprint density at radius 3 is 2.43 bits per heavy atom. The smallest absolute Gasteiger partial charge is 0.265 e. The van der Waals surface area contributed by atoms with Crippen LogP contribution in [0.2, 0.25) is 15.1 Å². The van der Waals surface area contributed by atoms with E-state index in [2.05, 4.69) is 10.6 Å². The predicted molar refractivity (Wildman–Crippen MR) is 139 cm³/mol. The van der Waals surface area contributed by atoms with Gasteiger partial charge in [0.2, 0.25) is 11.8 Å². The Kier molecular flexibility index (Phi) is 7.02. The van der Waals surface area contributed by atoms with E-state index in [4.69, 9.17) is 34.8 Å². The molecule has 0 spiro atoms. The molecule has 1 atom stereocenters. The van der Waals surface area contributed by atoms with Crippen molar-refractivity contribution in [2.45, 2.75) is 31.2 Å². The molecule has 0 fully saturated rings. The van der Waals surface area contributed by atoms with Crippen LogP contribution in [0.5, 0.6) is 0 Å². The Balaban J connectivity index is 1.80. The van der Waals surface area contributed by atoms with Gasteiger partial charge in [0.1, 0.15) is 6.04 Å². The van der Waals surface area contributed by atoms with Gasteiger partial charge in [-0.2, -0.15) is 0 Å². The highest BCUT2D eigenvalue weighted by Crippen LogP contribution is 2.40. The van der Waals surface area contributed by atoms with Gasteiger partial charge in [0.05, 0.1) is 22.7 Å². The van der Waals surface area contributed by atoms with Crippen molar-refractivity contribution in [1.82, 2.24) is 0 Å². The number of amides is 2. The maximum Gasteiger partial charge on any atom is 0.265 e. The summed E-state index contributed by atoms with van der Waals surface area (Å²) in [6, 6.07) is 12.6. The van der Waals surface area contributed by atoms with Gasteiger partial charge in [0.25, 0.3) is 10.0 Å². The first kappa shape index (κ1) is 25.3. The number of carbonyl (C=O) groups is 2. The SMILES string of the molecule is Cc1cc(S(=O)(=O)N2c3cc(Cl)ccc3NC(=O)C2CC(=O)Nc2cccc(Cl)c2)c(C)cc1Cl. The van der Waals surface area contributed by atoms with E-state index in [0.29, 0.717) is 26.9 Å².